The molecule has 7 heteroatoms. The Morgan fingerprint density at radius 1 is 1.53 bits per heavy atom. The third-order valence-electron chi connectivity index (χ3n) is 1.79. The normalized spacial score (nSPS) is 11.8. The molecule has 2 amide bonds. The Balaban J connectivity index is 3.15. The van der Waals surface area contributed by atoms with Crippen LogP contribution < -0.4 is 15.8 Å². The molecule has 0 atom stereocenters. The topological polar surface area (TPSA) is 68.4 Å². The van der Waals surface area contributed by atoms with Gasteiger partial charge in [0.25, 0.3) is 0 Å². The molecule has 0 aliphatic carbocycles. The van der Waals surface area contributed by atoms with Crippen LogP contribution in [-0.4, -0.2) is 21.1 Å². The molecular formula is C8H14N4O2S. The minimum absolute atomic E-state index is 0.148. The van der Waals surface area contributed by atoms with Crippen LogP contribution in [0.5, 0.6) is 0 Å². The first-order chi connectivity index (χ1) is 7.10. The highest BCUT2D eigenvalue weighted by Crippen LogP contribution is 1.85. The molecule has 0 bridgehead atoms. The van der Waals surface area contributed by atoms with Gasteiger partial charge in [0.2, 0.25) is 4.80 Å². The van der Waals surface area contributed by atoms with Gasteiger partial charge in [-0.25, -0.2) is 13.5 Å². The van der Waals surface area contributed by atoms with Crippen molar-refractivity contribution in [3.8, 4) is 0 Å². The Morgan fingerprint density at radius 3 is 2.67 bits per heavy atom. The van der Waals surface area contributed by atoms with Gasteiger partial charge in [-0.05, 0) is 25.4 Å². The van der Waals surface area contributed by atoms with E-state index in [1.165, 1.54) is 20.1 Å². The highest BCUT2D eigenvalue weighted by molar-refractivity contribution is 7.03. The number of nitrogens with one attached hydrogen (secondary N) is 1. The highest BCUT2D eigenvalue weighted by Gasteiger charge is 2.04. The van der Waals surface area contributed by atoms with Crippen LogP contribution in [0.2, 0.25) is 0 Å². The maximum Gasteiger partial charge on any atom is 0.343 e. The number of hydrogen-bond donors (Lipinski definition) is 1. The Morgan fingerprint density at radius 2 is 2.20 bits per heavy atom. The zero-order valence-electron chi connectivity index (χ0n) is 8.98. The van der Waals surface area contributed by atoms with Gasteiger partial charge >= 0.3 is 11.7 Å². The second-order valence-electron chi connectivity index (χ2n) is 2.86. The van der Waals surface area contributed by atoms with Crippen LogP contribution in [0.3, 0.4) is 0 Å². The summed E-state index contributed by atoms with van der Waals surface area (Å²) in [4.78, 5) is 26.9. The summed E-state index contributed by atoms with van der Waals surface area (Å²) < 4.78 is 2.90. The van der Waals surface area contributed by atoms with Crippen molar-refractivity contribution < 1.29 is 4.79 Å². The molecule has 1 aromatic heterocycles. The smallest absolute Gasteiger partial charge is 0.336 e. The molecule has 0 radical (unpaired) electrons. The molecule has 0 spiro atoms. The molecule has 0 fully saturated rings. The molecule has 0 aliphatic heterocycles. The Kier molecular flexibility index (Phi) is 3.84. The summed E-state index contributed by atoms with van der Waals surface area (Å²) >= 11 is 1.18. The van der Waals surface area contributed by atoms with Gasteiger partial charge in [0, 0.05) is 20.1 Å². The van der Waals surface area contributed by atoms with E-state index in [0.29, 0.717) is 17.9 Å². The molecule has 6 nitrogen and oxygen atoms in total. The number of hydrogen-bond acceptors (Lipinski definition) is 3. The number of rotatable bonds is 2. The second-order valence-corrected chi connectivity index (χ2v) is 3.85. The van der Waals surface area contributed by atoms with Crippen LogP contribution in [0.25, 0.3) is 0 Å². The van der Waals surface area contributed by atoms with Crippen LogP contribution >= 0.6 is 11.5 Å². The summed E-state index contributed by atoms with van der Waals surface area (Å²) in [5.74, 6) is 0. The predicted octanol–water partition coefficient (Wildman–Crippen LogP) is -0.102. The van der Waals surface area contributed by atoms with Crippen LogP contribution in [0.4, 0.5) is 4.79 Å². The average molecular weight is 230 g/mol. The van der Waals surface area contributed by atoms with Crippen molar-refractivity contribution in [2.45, 2.75) is 20.4 Å². The van der Waals surface area contributed by atoms with Crippen LogP contribution in [0, 0.1) is 0 Å². The van der Waals surface area contributed by atoms with E-state index >= 15 is 0 Å². The number of aromatic nitrogens is 2. The molecule has 0 aliphatic rings. The van der Waals surface area contributed by atoms with Crippen LogP contribution in [0.1, 0.15) is 13.8 Å². The summed E-state index contributed by atoms with van der Waals surface area (Å²) in [6.45, 7) is 4.79. The average Bonchev–Trinajstić information content (AvgIpc) is 2.46. The lowest BCUT2D eigenvalue weighted by molar-refractivity contribution is 0.249. The van der Waals surface area contributed by atoms with Crippen molar-refractivity contribution in [1.29, 1.82) is 0 Å². The number of urea groups is 1. The molecule has 1 heterocycles. The highest BCUT2D eigenvalue weighted by atomic mass is 32.1. The van der Waals surface area contributed by atoms with Gasteiger partial charge < -0.3 is 5.32 Å². The zero-order chi connectivity index (χ0) is 11.4. The third kappa shape index (κ3) is 2.56. The first kappa shape index (κ1) is 11.7. The van der Waals surface area contributed by atoms with Gasteiger partial charge in [0.1, 0.15) is 0 Å². The van der Waals surface area contributed by atoms with Gasteiger partial charge in [-0.15, -0.1) is 0 Å². The van der Waals surface area contributed by atoms with E-state index in [9.17, 15) is 9.59 Å². The number of carbonyl (C=O) groups is 1. The van der Waals surface area contributed by atoms with E-state index in [1.807, 2.05) is 13.8 Å². The summed E-state index contributed by atoms with van der Waals surface area (Å²) in [6, 6.07) is -0.419. The third-order valence-corrected chi connectivity index (χ3v) is 2.95. The Labute approximate surface area is 91.0 Å². The molecule has 0 saturated carbocycles. The molecule has 0 saturated heterocycles. The molecule has 0 unspecified atom stereocenters. The quantitative estimate of drug-likeness (QED) is 0.770. The maximum atomic E-state index is 11.5. The van der Waals surface area contributed by atoms with E-state index in [4.69, 9.17) is 0 Å². The fraction of sp³-hybridized carbons (Fsp3) is 0.625. The first-order valence-electron chi connectivity index (χ1n) is 4.69. The van der Waals surface area contributed by atoms with E-state index in [2.05, 4.69) is 10.3 Å². The predicted molar refractivity (Wildman–Crippen MR) is 57.9 cm³/mol. The van der Waals surface area contributed by atoms with Crippen molar-refractivity contribution in [2.24, 2.45) is 12.0 Å². The Hall–Kier alpha value is -1.37. The largest absolute Gasteiger partial charge is 0.343 e. The van der Waals surface area contributed by atoms with Crippen molar-refractivity contribution in [3.05, 3.63) is 15.3 Å². The minimum atomic E-state index is -0.419. The molecular weight excluding hydrogens is 216 g/mol. The number of aryl methyl sites for hydroxylation is 1. The maximum absolute atomic E-state index is 11.5. The SMILES string of the molecule is CCNC(=O)/N=c1\sn(CC)c(=O)n1C. The second kappa shape index (κ2) is 4.92. The molecule has 1 N–H and O–H groups in total. The minimum Gasteiger partial charge on any atom is -0.336 e. The van der Waals surface area contributed by atoms with Crippen molar-refractivity contribution in [2.75, 3.05) is 6.54 Å². The van der Waals surface area contributed by atoms with Gasteiger partial charge in [0.15, 0.2) is 0 Å². The van der Waals surface area contributed by atoms with Crippen LogP contribution in [-0.2, 0) is 13.6 Å². The fourth-order valence-corrected chi connectivity index (χ4v) is 1.87. The first-order valence-corrected chi connectivity index (χ1v) is 5.47. The van der Waals surface area contributed by atoms with Gasteiger partial charge in [-0.2, -0.15) is 4.99 Å². The lowest BCUT2D eigenvalue weighted by Crippen LogP contribution is -2.28. The standard InChI is InChI=1S/C8H14N4O2S/c1-4-9-6(13)10-7-11(3)8(14)12(5-2)15-7/h4-5H2,1-3H3,(H,9,13)/b10-7-. The fourth-order valence-electron chi connectivity index (χ4n) is 1.02. The van der Waals surface area contributed by atoms with E-state index < -0.39 is 6.03 Å². The summed E-state index contributed by atoms with van der Waals surface area (Å²) in [5.41, 5.74) is -0.148. The zero-order valence-corrected chi connectivity index (χ0v) is 9.80. The lowest BCUT2D eigenvalue weighted by atomic mass is 10.7. The number of amides is 2. The van der Waals surface area contributed by atoms with Gasteiger partial charge in [0.05, 0.1) is 0 Å². The molecule has 0 aromatic carbocycles. The summed E-state index contributed by atoms with van der Waals surface area (Å²) in [5, 5.41) is 2.54. The molecule has 15 heavy (non-hydrogen) atoms. The summed E-state index contributed by atoms with van der Waals surface area (Å²) in [6.07, 6.45) is 0. The Bertz CT molecular complexity index is 468. The number of carbonyl (C=O) groups excluding carboxylic acids is 1. The van der Waals surface area contributed by atoms with E-state index in [-0.39, 0.29) is 5.69 Å². The number of nitrogens with zero attached hydrogens (tertiary/aromatic N) is 3. The van der Waals surface area contributed by atoms with Crippen LogP contribution in [0.15, 0.2) is 9.79 Å². The lowest BCUT2D eigenvalue weighted by Gasteiger charge is -1.92. The van der Waals surface area contributed by atoms with Crippen molar-refractivity contribution in [1.82, 2.24) is 13.8 Å². The van der Waals surface area contributed by atoms with E-state index in [0.717, 1.165) is 0 Å². The van der Waals surface area contributed by atoms with Gasteiger partial charge in [-0.3, -0.25) is 4.57 Å². The van der Waals surface area contributed by atoms with Crippen molar-refractivity contribution in [3.63, 3.8) is 0 Å². The van der Waals surface area contributed by atoms with Crippen molar-refractivity contribution >= 4 is 17.6 Å². The molecule has 84 valence electrons. The molecule has 1 rings (SSSR count). The summed E-state index contributed by atoms with van der Waals surface area (Å²) in [7, 11) is 1.60. The van der Waals surface area contributed by atoms with Gasteiger partial charge in [-0.1, -0.05) is 0 Å². The molecule has 1 aromatic rings. The van der Waals surface area contributed by atoms with E-state index in [1.54, 1.807) is 7.05 Å². The monoisotopic (exact) mass is 230 g/mol.